The molecule has 0 saturated heterocycles. The van der Waals surface area contributed by atoms with E-state index in [9.17, 15) is 0 Å². The van der Waals surface area contributed by atoms with E-state index in [1.54, 1.807) is 13.2 Å². The zero-order chi connectivity index (χ0) is 11.4. The van der Waals surface area contributed by atoms with Crippen molar-refractivity contribution in [3.05, 3.63) is 27.2 Å². The van der Waals surface area contributed by atoms with Gasteiger partial charge in [0.05, 0.1) is 17.0 Å². The SMILES string of the molecule is CCCC(Cl)c1cc(Cl)cc(Br)c1OC. The van der Waals surface area contributed by atoms with Gasteiger partial charge in [-0.1, -0.05) is 24.9 Å². The first-order valence-electron chi connectivity index (χ1n) is 4.77. The van der Waals surface area contributed by atoms with Crippen LogP contribution in [0.3, 0.4) is 0 Å². The van der Waals surface area contributed by atoms with Crippen molar-refractivity contribution >= 4 is 39.1 Å². The van der Waals surface area contributed by atoms with Crippen LogP contribution in [0.25, 0.3) is 0 Å². The van der Waals surface area contributed by atoms with Crippen LogP contribution in [0.2, 0.25) is 5.02 Å². The molecule has 1 unspecified atom stereocenters. The zero-order valence-electron chi connectivity index (χ0n) is 8.69. The highest BCUT2D eigenvalue weighted by atomic mass is 79.9. The van der Waals surface area contributed by atoms with Gasteiger partial charge in [0, 0.05) is 10.6 Å². The van der Waals surface area contributed by atoms with Gasteiger partial charge in [-0.2, -0.15) is 0 Å². The second kappa shape index (κ2) is 5.97. The summed E-state index contributed by atoms with van der Waals surface area (Å²) in [6.45, 7) is 2.10. The van der Waals surface area contributed by atoms with Crippen LogP contribution in [0.5, 0.6) is 5.75 Å². The summed E-state index contributed by atoms with van der Waals surface area (Å²) in [6.07, 6.45) is 1.94. The third kappa shape index (κ3) is 3.27. The minimum absolute atomic E-state index is 0.0556. The maximum absolute atomic E-state index is 6.27. The molecule has 0 radical (unpaired) electrons. The normalized spacial score (nSPS) is 12.6. The van der Waals surface area contributed by atoms with Crippen LogP contribution >= 0.6 is 39.1 Å². The molecule has 0 heterocycles. The maximum Gasteiger partial charge on any atom is 0.137 e. The molecule has 0 aliphatic heterocycles. The van der Waals surface area contributed by atoms with E-state index >= 15 is 0 Å². The number of benzene rings is 1. The lowest BCUT2D eigenvalue weighted by atomic mass is 10.1. The third-order valence-corrected chi connectivity index (χ3v) is 3.38. The number of methoxy groups -OCH3 is 1. The molecule has 1 nitrogen and oxygen atoms in total. The fourth-order valence-corrected chi connectivity index (χ4v) is 2.81. The smallest absolute Gasteiger partial charge is 0.137 e. The van der Waals surface area contributed by atoms with Gasteiger partial charge in [0.25, 0.3) is 0 Å². The Morgan fingerprint density at radius 2 is 2.13 bits per heavy atom. The Hall–Kier alpha value is 0.0800. The molecule has 0 fully saturated rings. The Labute approximate surface area is 109 Å². The lowest BCUT2D eigenvalue weighted by Gasteiger charge is -2.15. The average molecular weight is 312 g/mol. The van der Waals surface area contributed by atoms with Crippen molar-refractivity contribution in [3.8, 4) is 5.75 Å². The van der Waals surface area contributed by atoms with E-state index < -0.39 is 0 Å². The molecule has 0 aliphatic rings. The van der Waals surface area contributed by atoms with Gasteiger partial charge >= 0.3 is 0 Å². The molecule has 1 atom stereocenters. The molecule has 15 heavy (non-hydrogen) atoms. The van der Waals surface area contributed by atoms with Gasteiger partial charge in [-0.05, 0) is 34.5 Å². The number of ether oxygens (including phenoxy) is 1. The molecule has 0 aromatic heterocycles. The number of hydrogen-bond donors (Lipinski definition) is 0. The molecule has 0 saturated carbocycles. The standard InChI is InChI=1S/C11H13BrCl2O/c1-3-4-10(14)8-5-7(13)6-9(12)11(8)15-2/h5-6,10H,3-4H2,1-2H3. The van der Waals surface area contributed by atoms with Crippen molar-refractivity contribution in [1.29, 1.82) is 0 Å². The van der Waals surface area contributed by atoms with E-state index in [4.69, 9.17) is 27.9 Å². The number of alkyl halides is 1. The van der Waals surface area contributed by atoms with Gasteiger partial charge in [0.2, 0.25) is 0 Å². The Morgan fingerprint density at radius 3 is 2.67 bits per heavy atom. The zero-order valence-corrected chi connectivity index (χ0v) is 11.8. The Bertz CT molecular complexity index is 342. The van der Waals surface area contributed by atoms with Crippen LogP contribution in [0.1, 0.15) is 30.7 Å². The van der Waals surface area contributed by atoms with E-state index in [-0.39, 0.29) is 5.38 Å². The number of hydrogen-bond acceptors (Lipinski definition) is 1. The summed E-state index contributed by atoms with van der Waals surface area (Å²) >= 11 is 15.7. The second-order valence-corrected chi connectivity index (χ2v) is 5.08. The first-order chi connectivity index (χ1) is 7.10. The summed E-state index contributed by atoms with van der Waals surface area (Å²) in [6, 6.07) is 3.66. The minimum Gasteiger partial charge on any atom is -0.495 e. The van der Waals surface area contributed by atoms with E-state index in [0.29, 0.717) is 5.02 Å². The molecular weight excluding hydrogens is 299 g/mol. The van der Waals surface area contributed by atoms with Gasteiger partial charge in [0.15, 0.2) is 0 Å². The highest BCUT2D eigenvalue weighted by Gasteiger charge is 2.16. The predicted molar refractivity (Wildman–Crippen MR) is 69.2 cm³/mol. The molecule has 1 aromatic rings. The highest BCUT2D eigenvalue weighted by molar-refractivity contribution is 9.10. The first kappa shape index (κ1) is 13.1. The van der Waals surface area contributed by atoms with Crippen LogP contribution in [0.15, 0.2) is 16.6 Å². The summed E-state index contributed by atoms with van der Waals surface area (Å²) in [4.78, 5) is 0. The summed E-state index contributed by atoms with van der Waals surface area (Å²) < 4.78 is 6.15. The molecule has 0 aliphatic carbocycles. The lowest BCUT2D eigenvalue weighted by molar-refractivity contribution is 0.405. The molecule has 84 valence electrons. The molecule has 0 amide bonds. The van der Waals surface area contributed by atoms with Crippen molar-refractivity contribution in [3.63, 3.8) is 0 Å². The Balaban J connectivity index is 3.13. The van der Waals surface area contributed by atoms with Crippen LogP contribution < -0.4 is 4.74 Å². The number of halogens is 3. The molecular formula is C11H13BrCl2O. The van der Waals surface area contributed by atoms with Gasteiger partial charge in [-0.25, -0.2) is 0 Å². The minimum atomic E-state index is -0.0556. The maximum atomic E-state index is 6.27. The fraction of sp³-hybridized carbons (Fsp3) is 0.455. The Morgan fingerprint density at radius 1 is 1.47 bits per heavy atom. The van der Waals surface area contributed by atoms with Crippen LogP contribution in [-0.2, 0) is 0 Å². The van der Waals surface area contributed by atoms with E-state index in [2.05, 4.69) is 22.9 Å². The monoisotopic (exact) mass is 310 g/mol. The van der Waals surface area contributed by atoms with Gasteiger partial charge < -0.3 is 4.74 Å². The summed E-state index contributed by atoms with van der Waals surface area (Å²) in [5, 5.41) is 0.611. The van der Waals surface area contributed by atoms with Gasteiger partial charge in [-0.15, -0.1) is 11.6 Å². The quantitative estimate of drug-likeness (QED) is 0.695. The van der Waals surface area contributed by atoms with Crippen LogP contribution in [0.4, 0.5) is 0 Å². The van der Waals surface area contributed by atoms with Crippen LogP contribution in [0, 0.1) is 0 Å². The predicted octanol–water partition coefficient (Wildman–Crippen LogP) is 5.19. The van der Waals surface area contributed by atoms with Gasteiger partial charge in [-0.3, -0.25) is 0 Å². The van der Waals surface area contributed by atoms with Crippen LogP contribution in [-0.4, -0.2) is 7.11 Å². The van der Waals surface area contributed by atoms with E-state index in [1.165, 1.54) is 0 Å². The van der Waals surface area contributed by atoms with E-state index in [0.717, 1.165) is 28.6 Å². The molecule has 0 bridgehead atoms. The first-order valence-corrected chi connectivity index (χ1v) is 6.37. The van der Waals surface area contributed by atoms with Gasteiger partial charge in [0.1, 0.15) is 5.75 Å². The van der Waals surface area contributed by atoms with Crippen molar-refractivity contribution < 1.29 is 4.74 Å². The summed E-state index contributed by atoms with van der Waals surface area (Å²) in [7, 11) is 1.63. The summed E-state index contributed by atoms with van der Waals surface area (Å²) in [5.74, 6) is 0.771. The lowest BCUT2D eigenvalue weighted by Crippen LogP contribution is -1.96. The third-order valence-electron chi connectivity index (χ3n) is 2.12. The topological polar surface area (TPSA) is 9.23 Å². The average Bonchev–Trinajstić information content (AvgIpc) is 2.17. The van der Waals surface area contributed by atoms with E-state index in [1.807, 2.05) is 6.07 Å². The number of rotatable bonds is 4. The largest absolute Gasteiger partial charge is 0.495 e. The second-order valence-electron chi connectivity index (χ2n) is 3.27. The fourth-order valence-electron chi connectivity index (χ4n) is 1.44. The van der Waals surface area contributed by atoms with Crippen molar-refractivity contribution in [1.82, 2.24) is 0 Å². The molecule has 1 rings (SSSR count). The summed E-state index contributed by atoms with van der Waals surface area (Å²) in [5.41, 5.74) is 0.945. The molecule has 1 aromatic carbocycles. The Kier molecular flexibility index (Phi) is 5.24. The molecule has 0 spiro atoms. The highest BCUT2D eigenvalue weighted by Crippen LogP contribution is 2.39. The molecule has 4 heteroatoms. The van der Waals surface area contributed by atoms with Crippen molar-refractivity contribution in [2.75, 3.05) is 7.11 Å². The molecule has 0 N–H and O–H groups in total. The van der Waals surface area contributed by atoms with Crippen molar-refractivity contribution in [2.24, 2.45) is 0 Å². The van der Waals surface area contributed by atoms with Crippen molar-refractivity contribution in [2.45, 2.75) is 25.1 Å².